The van der Waals surface area contributed by atoms with Gasteiger partial charge in [0.1, 0.15) is 0 Å². The van der Waals surface area contributed by atoms with Crippen LogP contribution in [0, 0.1) is 11.3 Å². The lowest BCUT2D eigenvalue weighted by Gasteiger charge is -2.11. The number of anilines is 1. The molecule has 3 rings (SSSR count). The number of nitriles is 1. The van der Waals surface area contributed by atoms with Crippen molar-refractivity contribution in [2.24, 2.45) is 0 Å². The van der Waals surface area contributed by atoms with Gasteiger partial charge in [0.25, 0.3) is 0 Å². The van der Waals surface area contributed by atoms with E-state index in [4.69, 9.17) is 14.7 Å². The molecular weight excluding hydrogens is 380 g/mol. The van der Waals surface area contributed by atoms with Gasteiger partial charge in [0.2, 0.25) is 12.0 Å². The van der Waals surface area contributed by atoms with Gasteiger partial charge in [-0.1, -0.05) is 18.2 Å². The topological polar surface area (TPSA) is 105 Å². The Kier molecular flexibility index (Phi) is 6.29. The highest BCUT2D eigenvalue weighted by Crippen LogP contribution is 2.25. The summed E-state index contributed by atoms with van der Waals surface area (Å²) in [5.41, 5.74) is 1.26. The lowest BCUT2D eigenvalue weighted by Crippen LogP contribution is -2.23. The fourth-order valence-corrected chi connectivity index (χ4v) is 3.39. The van der Waals surface area contributed by atoms with Crippen LogP contribution in [0.2, 0.25) is 0 Å². The number of carbonyl (C=O) groups is 3. The number of carbonyl (C=O) groups excluding carboxylic acids is 3. The second kappa shape index (κ2) is 9.06. The molecule has 142 valence electrons. The highest BCUT2D eigenvalue weighted by molar-refractivity contribution is 8.00. The van der Waals surface area contributed by atoms with Crippen molar-refractivity contribution in [3.05, 3.63) is 59.7 Å². The highest BCUT2D eigenvalue weighted by atomic mass is 32.2. The molecule has 0 bridgehead atoms. The second-order valence-corrected chi connectivity index (χ2v) is 6.89. The Morgan fingerprint density at radius 3 is 2.82 bits per heavy atom. The third kappa shape index (κ3) is 4.90. The van der Waals surface area contributed by atoms with Crippen molar-refractivity contribution in [1.82, 2.24) is 0 Å². The van der Waals surface area contributed by atoms with E-state index in [0.717, 1.165) is 0 Å². The van der Waals surface area contributed by atoms with Gasteiger partial charge in [0.15, 0.2) is 0 Å². The van der Waals surface area contributed by atoms with Crippen LogP contribution < -0.4 is 5.32 Å². The van der Waals surface area contributed by atoms with Gasteiger partial charge in [0, 0.05) is 17.0 Å². The van der Waals surface area contributed by atoms with Crippen molar-refractivity contribution < 1.29 is 23.9 Å². The molecule has 0 spiro atoms. The van der Waals surface area contributed by atoms with Crippen LogP contribution in [0.15, 0.2) is 53.4 Å². The number of nitrogens with zero attached hydrogens (tertiary/aromatic N) is 1. The average molecular weight is 396 g/mol. The van der Waals surface area contributed by atoms with E-state index in [9.17, 15) is 14.4 Å². The largest absolute Gasteiger partial charge is 0.463 e. The van der Waals surface area contributed by atoms with Crippen molar-refractivity contribution >= 4 is 35.3 Å². The van der Waals surface area contributed by atoms with Crippen LogP contribution >= 0.6 is 11.8 Å². The molecule has 1 aliphatic heterocycles. The number of nitrogens with one attached hydrogen (secondary N) is 1. The number of rotatable bonds is 6. The molecule has 7 nitrogen and oxygen atoms in total. The van der Waals surface area contributed by atoms with Crippen LogP contribution in [-0.4, -0.2) is 36.3 Å². The molecule has 1 N–H and O–H groups in total. The normalized spacial score (nSPS) is 15.4. The summed E-state index contributed by atoms with van der Waals surface area (Å²) in [7, 11) is 0. The van der Waals surface area contributed by atoms with Crippen LogP contribution in [0.1, 0.15) is 22.3 Å². The monoisotopic (exact) mass is 396 g/mol. The SMILES string of the molecule is N#Cc1cccc(NC(=O)CSc2ccccc2C(=O)O[C@@H]2CCOC2=O)c1. The predicted octanol–water partition coefficient (Wildman–Crippen LogP) is 2.76. The van der Waals surface area contributed by atoms with E-state index >= 15 is 0 Å². The summed E-state index contributed by atoms with van der Waals surface area (Å²) in [6.45, 7) is 0.236. The maximum absolute atomic E-state index is 12.4. The van der Waals surface area contributed by atoms with Crippen molar-refractivity contribution in [2.75, 3.05) is 17.7 Å². The third-order valence-corrected chi connectivity index (χ3v) is 4.95. The molecule has 1 atom stereocenters. The average Bonchev–Trinajstić information content (AvgIpc) is 3.11. The van der Waals surface area contributed by atoms with E-state index in [1.807, 2.05) is 6.07 Å². The second-order valence-electron chi connectivity index (χ2n) is 5.88. The molecular formula is C20H16N2O5S. The molecule has 0 radical (unpaired) electrons. The number of benzene rings is 2. The Balaban J connectivity index is 1.61. The number of thioether (sulfide) groups is 1. The summed E-state index contributed by atoms with van der Waals surface area (Å²) in [5, 5.41) is 11.6. The number of amides is 1. The smallest absolute Gasteiger partial charge is 0.347 e. The minimum absolute atomic E-state index is 0.0620. The van der Waals surface area contributed by atoms with E-state index in [-0.39, 0.29) is 23.8 Å². The summed E-state index contributed by atoms with van der Waals surface area (Å²) < 4.78 is 10.0. The van der Waals surface area contributed by atoms with Gasteiger partial charge in [-0.3, -0.25) is 4.79 Å². The number of cyclic esters (lactones) is 1. The molecule has 8 heteroatoms. The molecule has 0 saturated carbocycles. The maximum Gasteiger partial charge on any atom is 0.347 e. The first-order valence-corrected chi connectivity index (χ1v) is 9.45. The Labute approximate surface area is 165 Å². The van der Waals surface area contributed by atoms with Crippen LogP contribution in [0.25, 0.3) is 0 Å². The standard InChI is InChI=1S/C20H16N2O5S/c21-11-13-4-3-5-14(10-13)22-18(23)12-28-17-7-2-1-6-15(17)19(24)27-16-8-9-26-20(16)25/h1-7,10,16H,8-9,12H2,(H,22,23)/t16-/m1/s1. The fraction of sp³-hybridized carbons (Fsp3) is 0.200. The van der Waals surface area contributed by atoms with Crippen molar-refractivity contribution in [3.63, 3.8) is 0 Å². The minimum atomic E-state index is -0.888. The first kappa shape index (κ1) is 19.5. The highest BCUT2D eigenvalue weighted by Gasteiger charge is 2.31. The first-order chi connectivity index (χ1) is 13.6. The maximum atomic E-state index is 12.4. The van der Waals surface area contributed by atoms with Crippen molar-refractivity contribution in [3.8, 4) is 6.07 Å². The molecule has 0 unspecified atom stereocenters. The van der Waals surface area contributed by atoms with Crippen LogP contribution in [-0.2, 0) is 19.1 Å². The molecule has 28 heavy (non-hydrogen) atoms. The molecule has 1 amide bonds. The summed E-state index contributed by atoms with van der Waals surface area (Å²) in [5.74, 6) is -1.39. The number of hydrogen-bond donors (Lipinski definition) is 1. The van der Waals surface area contributed by atoms with Crippen molar-refractivity contribution in [1.29, 1.82) is 5.26 Å². The quantitative estimate of drug-likeness (QED) is 0.591. The zero-order valence-electron chi connectivity index (χ0n) is 14.7. The molecule has 1 heterocycles. The van der Waals surface area contributed by atoms with E-state index in [1.165, 1.54) is 11.8 Å². The lowest BCUT2D eigenvalue weighted by molar-refractivity contribution is -0.145. The van der Waals surface area contributed by atoms with Gasteiger partial charge >= 0.3 is 11.9 Å². The van der Waals surface area contributed by atoms with Crippen LogP contribution in [0.5, 0.6) is 0 Å². The fourth-order valence-electron chi connectivity index (χ4n) is 2.55. The Hall–Kier alpha value is -3.31. The van der Waals surface area contributed by atoms with Gasteiger partial charge < -0.3 is 14.8 Å². The zero-order valence-corrected chi connectivity index (χ0v) is 15.5. The minimum Gasteiger partial charge on any atom is -0.463 e. The molecule has 2 aromatic rings. The molecule has 1 saturated heterocycles. The molecule has 0 aromatic heterocycles. The van der Waals surface area contributed by atoms with E-state index in [0.29, 0.717) is 22.6 Å². The number of ether oxygens (including phenoxy) is 2. The molecule has 1 aliphatic rings. The van der Waals surface area contributed by atoms with Crippen LogP contribution in [0.3, 0.4) is 0 Å². The van der Waals surface area contributed by atoms with Crippen LogP contribution in [0.4, 0.5) is 5.69 Å². The van der Waals surface area contributed by atoms with Gasteiger partial charge in [-0.2, -0.15) is 5.26 Å². The van der Waals surface area contributed by atoms with E-state index in [2.05, 4.69) is 5.32 Å². The van der Waals surface area contributed by atoms with E-state index < -0.39 is 18.0 Å². The summed E-state index contributed by atoms with van der Waals surface area (Å²) >= 11 is 1.18. The first-order valence-electron chi connectivity index (χ1n) is 8.46. The van der Waals surface area contributed by atoms with Gasteiger partial charge in [-0.15, -0.1) is 11.8 Å². The van der Waals surface area contributed by atoms with Gasteiger partial charge in [-0.25, -0.2) is 9.59 Å². The Morgan fingerprint density at radius 1 is 1.25 bits per heavy atom. The molecule has 0 aliphatic carbocycles. The molecule has 1 fully saturated rings. The van der Waals surface area contributed by atoms with E-state index in [1.54, 1.807) is 48.5 Å². The summed E-state index contributed by atoms with van der Waals surface area (Å²) in [6.07, 6.45) is -0.550. The Morgan fingerprint density at radius 2 is 2.07 bits per heavy atom. The van der Waals surface area contributed by atoms with Crippen molar-refractivity contribution in [2.45, 2.75) is 17.4 Å². The lowest BCUT2D eigenvalue weighted by atomic mass is 10.2. The number of esters is 2. The summed E-state index contributed by atoms with van der Waals surface area (Å²) in [6, 6.07) is 15.3. The van der Waals surface area contributed by atoms with Gasteiger partial charge in [0.05, 0.1) is 29.6 Å². The predicted molar refractivity (Wildman–Crippen MR) is 102 cm³/mol. The number of hydrogen-bond acceptors (Lipinski definition) is 7. The Bertz CT molecular complexity index is 954. The zero-order chi connectivity index (χ0) is 19.9. The summed E-state index contributed by atoms with van der Waals surface area (Å²) in [4.78, 5) is 36.6. The third-order valence-electron chi connectivity index (χ3n) is 3.88. The molecule has 2 aromatic carbocycles. The van der Waals surface area contributed by atoms with Gasteiger partial charge in [-0.05, 0) is 30.3 Å².